The number of nitrogen functional groups attached to an aromatic ring is 1. The molecule has 0 fully saturated rings. The second-order valence-electron chi connectivity index (χ2n) is 4.32. The average molecular weight is 259 g/mol. The lowest BCUT2D eigenvalue weighted by molar-refractivity contribution is 0.316. The van der Waals surface area contributed by atoms with Crippen LogP contribution in [-0.2, 0) is 6.54 Å². The van der Waals surface area contributed by atoms with Gasteiger partial charge >= 0.3 is 0 Å². The number of aryl methyl sites for hydroxylation is 2. The van der Waals surface area contributed by atoms with Crippen molar-refractivity contribution in [1.29, 1.82) is 0 Å². The maximum atomic E-state index is 5.79. The Morgan fingerprint density at radius 1 is 1.16 bits per heavy atom. The monoisotopic (exact) mass is 259 g/mol. The molecule has 0 aliphatic heterocycles. The predicted octanol–water partition coefficient (Wildman–Crippen LogP) is 2.02. The van der Waals surface area contributed by atoms with Crippen LogP contribution in [0.4, 0.5) is 11.4 Å². The van der Waals surface area contributed by atoms with Crippen molar-refractivity contribution >= 4 is 22.4 Å². The molecule has 3 N–H and O–H groups in total. The Kier molecular flexibility index (Phi) is 2.59. The van der Waals surface area contributed by atoms with E-state index in [1.165, 1.54) is 0 Å². The standard InChI is InChI=1S/C12H13N5O2/c1-6-8(7(2)18-15-6)5-14-10-4-3-9(13)11-12(10)17-19-16-11/h3-4,14H,5,13H2,1-2H3. The summed E-state index contributed by atoms with van der Waals surface area (Å²) < 4.78 is 9.84. The van der Waals surface area contributed by atoms with Crippen molar-refractivity contribution in [2.45, 2.75) is 20.4 Å². The van der Waals surface area contributed by atoms with Gasteiger partial charge in [-0.3, -0.25) is 0 Å². The van der Waals surface area contributed by atoms with Gasteiger partial charge < -0.3 is 15.6 Å². The number of nitrogens with one attached hydrogen (secondary N) is 1. The Bertz CT molecular complexity index is 711. The summed E-state index contributed by atoms with van der Waals surface area (Å²) in [7, 11) is 0. The number of hydrogen-bond donors (Lipinski definition) is 2. The highest BCUT2D eigenvalue weighted by Gasteiger charge is 2.12. The summed E-state index contributed by atoms with van der Waals surface area (Å²) in [5.41, 5.74) is 10.2. The first-order valence-electron chi connectivity index (χ1n) is 5.83. The first kappa shape index (κ1) is 11.5. The van der Waals surface area contributed by atoms with Gasteiger partial charge in [0.25, 0.3) is 0 Å². The van der Waals surface area contributed by atoms with Crippen LogP contribution in [0.2, 0.25) is 0 Å². The second kappa shape index (κ2) is 4.27. The zero-order valence-corrected chi connectivity index (χ0v) is 10.6. The molecule has 98 valence electrons. The number of benzene rings is 1. The highest BCUT2D eigenvalue weighted by Crippen LogP contribution is 2.26. The summed E-state index contributed by atoms with van der Waals surface area (Å²) in [6.45, 7) is 4.38. The van der Waals surface area contributed by atoms with Crippen molar-refractivity contribution in [2.75, 3.05) is 11.1 Å². The number of anilines is 2. The SMILES string of the molecule is Cc1noc(C)c1CNc1ccc(N)c2nonc12. The van der Waals surface area contributed by atoms with Crippen molar-refractivity contribution in [1.82, 2.24) is 15.5 Å². The fraction of sp³-hybridized carbons (Fsp3) is 0.250. The highest BCUT2D eigenvalue weighted by molar-refractivity contribution is 5.94. The molecule has 1 aromatic carbocycles. The third kappa shape index (κ3) is 1.88. The number of rotatable bonds is 3. The Morgan fingerprint density at radius 2 is 1.95 bits per heavy atom. The van der Waals surface area contributed by atoms with Crippen molar-refractivity contribution in [3.63, 3.8) is 0 Å². The molecule has 0 radical (unpaired) electrons. The van der Waals surface area contributed by atoms with Crippen molar-refractivity contribution in [3.8, 4) is 0 Å². The fourth-order valence-corrected chi connectivity index (χ4v) is 1.97. The van der Waals surface area contributed by atoms with E-state index in [0.717, 1.165) is 22.7 Å². The first-order valence-corrected chi connectivity index (χ1v) is 5.83. The number of fused-ring (bicyclic) bond motifs is 1. The molecule has 0 saturated heterocycles. The predicted molar refractivity (Wildman–Crippen MR) is 69.5 cm³/mol. The molecule has 19 heavy (non-hydrogen) atoms. The molecule has 3 rings (SSSR count). The van der Waals surface area contributed by atoms with Gasteiger partial charge in [0.05, 0.1) is 17.1 Å². The number of hydrogen-bond acceptors (Lipinski definition) is 7. The maximum absolute atomic E-state index is 5.79. The fourth-order valence-electron chi connectivity index (χ4n) is 1.97. The van der Waals surface area contributed by atoms with Crippen LogP contribution >= 0.6 is 0 Å². The average Bonchev–Trinajstić information content (AvgIpc) is 2.99. The van der Waals surface area contributed by atoms with E-state index in [1.54, 1.807) is 6.07 Å². The normalized spacial score (nSPS) is 11.1. The van der Waals surface area contributed by atoms with E-state index in [9.17, 15) is 0 Å². The summed E-state index contributed by atoms with van der Waals surface area (Å²) in [5, 5.41) is 14.8. The zero-order chi connectivity index (χ0) is 13.4. The van der Waals surface area contributed by atoms with E-state index in [-0.39, 0.29) is 0 Å². The van der Waals surface area contributed by atoms with E-state index in [4.69, 9.17) is 14.9 Å². The van der Waals surface area contributed by atoms with Crippen LogP contribution in [0.15, 0.2) is 21.3 Å². The second-order valence-corrected chi connectivity index (χ2v) is 4.32. The summed E-state index contributed by atoms with van der Waals surface area (Å²) >= 11 is 0. The van der Waals surface area contributed by atoms with Gasteiger partial charge in [-0.15, -0.1) is 0 Å². The molecule has 2 aromatic heterocycles. The molecule has 7 nitrogen and oxygen atoms in total. The minimum absolute atomic E-state index is 0.541. The van der Waals surface area contributed by atoms with Crippen LogP contribution in [0.3, 0.4) is 0 Å². The van der Waals surface area contributed by atoms with Gasteiger partial charge in [-0.1, -0.05) is 5.16 Å². The Labute approximate surface area is 108 Å². The number of nitrogens with two attached hydrogens (primary N) is 1. The van der Waals surface area contributed by atoms with E-state index in [2.05, 4.69) is 20.8 Å². The Balaban J connectivity index is 1.90. The van der Waals surface area contributed by atoms with Crippen LogP contribution < -0.4 is 11.1 Å². The third-order valence-electron chi connectivity index (χ3n) is 3.08. The summed E-state index contributed by atoms with van der Waals surface area (Å²) in [4.78, 5) is 0. The van der Waals surface area contributed by atoms with E-state index < -0.39 is 0 Å². The molecule has 7 heteroatoms. The third-order valence-corrected chi connectivity index (χ3v) is 3.08. The van der Waals surface area contributed by atoms with Crippen molar-refractivity contribution < 1.29 is 9.15 Å². The Morgan fingerprint density at radius 3 is 2.68 bits per heavy atom. The topological polar surface area (TPSA) is 103 Å². The molecule has 0 atom stereocenters. The lowest BCUT2D eigenvalue weighted by Crippen LogP contribution is -2.02. The number of nitrogens with zero attached hydrogens (tertiary/aromatic N) is 3. The van der Waals surface area contributed by atoms with Crippen LogP contribution in [0, 0.1) is 13.8 Å². The molecule has 0 aliphatic rings. The first-order chi connectivity index (χ1) is 9.16. The summed E-state index contributed by atoms with van der Waals surface area (Å²) in [6.07, 6.45) is 0. The molecule has 0 unspecified atom stereocenters. The molecule has 3 aromatic rings. The smallest absolute Gasteiger partial charge is 0.160 e. The maximum Gasteiger partial charge on any atom is 0.160 e. The van der Waals surface area contributed by atoms with Crippen LogP contribution in [0.1, 0.15) is 17.0 Å². The van der Waals surface area contributed by atoms with Crippen molar-refractivity contribution in [3.05, 3.63) is 29.2 Å². The van der Waals surface area contributed by atoms with E-state index in [0.29, 0.717) is 23.3 Å². The van der Waals surface area contributed by atoms with Gasteiger partial charge in [0, 0.05) is 12.1 Å². The Hall–Kier alpha value is -2.57. The largest absolute Gasteiger partial charge is 0.397 e. The molecular weight excluding hydrogens is 246 g/mol. The molecule has 2 heterocycles. The zero-order valence-electron chi connectivity index (χ0n) is 10.6. The molecule has 0 amide bonds. The lowest BCUT2D eigenvalue weighted by Gasteiger charge is -2.06. The van der Waals surface area contributed by atoms with Gasteiger partial charge in [-0.25, -0.2) is 4.63 Å². The highest BCUT2D eigenvalue weighted by atomic mass is 16.6. The lowest BCUT2D eigenvalue weighted by atomic mass is 10.2. The summed E-state index contributed by atoms with van der Waals surface area (Å²) in [6, 6.07) is 3.61. The molecule has 0 spiro atoms. The molecule has 0 saturated carbocycles. The number of aromatic nitrogens is 3. The van der Waals surface area contributed by atoms with Gasteiger partial charge in [-0.2, -0.15) is 0 Å². The van der Waals surface area contributed by atoms with Crippen molar-refractivity contribution in [2.24, 2.45) is 0 Å². The minimum atomic E-state index is 0.541. The molecular formula is C12H13N5O2. The van der Waals surface area contributed by atoms with E-state index >= 15 is 0 Å². The molecule has 0 aliphatic carbocycles. The van der Waals surface area contributed by atoms with Crippen LogP contribution in [0.5, 0.6) is 0 Å². The van der Waals surface area contributed by atoms with Gasteiger partial charge in [0.2, 0.25) is 0 Å². The minimum Gasteiger partial charge on any atom is -0.397 e. The summed E-state index contributed by atoms with van der Waals surface area (Å²) in [5.74, 6) is 0.801. The quantitative estimate of drug-likeness (QED) is 0.693. The van der Waals surface area contributed by atoms with E-state index in [1.807, 2.05) is 19.9 Å². The van der Waals surface area contributed by atoms with Gasteiger partial charge in [-0.05, 0) is 36.3 Å². The van der Waals surface area contributed by atoms with Crippen LogP contribution in [0.25, 0.3) is 11.0 Å². The molecule has 0 bridgehead atoms. The van der Waals surface area contributed by atoms with Crippen LogP contribution in [-0.4, -0.2) is 15.5 Å². The van der Waals surface area contributed by atoms with Gasteiger partial charge in [0.15, 0.2) is 11.0 Å². The van der Waals surface area contributed by atoms with Gasteiger partial charge in [0.1, 0.15) is 5.76 Å².